The number of amides is 2. The van der Waals surface area contributed by atoms with Gasteiger partial charge in [0.05, 0.1) is 29.8 Å². The quantitative estimate of drug-likeness (QED) is 0.124. The first-order valence-electron chi connectivity index (χ1n) is 19.0. The van der Waals surface area contributed by atoms with Crippen LogP contribution in [0.1, 0.15) is 58.8 Å². The van der Waals surface area contributed by atoms with E-state index in [1.807, 2.05) is 40.7 Å². The number of nitrogens with one attached hydrogen (secondary N) is 2. The zero-order valence-corrected chi connectivity index (χ0v) is 39.2. The zero-order valence-electron chi connectivity index (χ0n) is 34.5. The molecule has 1 aliphatic rings. The van der Waals surface area contributed by atoms with Gasteiger partial charge in [0.1, 0.15) is 45.7 Å². The van der Waals surface area contributed by atoms with Crippen molar-refractivity contribution in [1.29, 1.82) is 0 Å². The summed E-state index contributed by atoms with van der Waals surface area (Å²) in [6.45, 7) is 11.6. The molecule has 8 aromatic rings. The molecule has 10 nitrogen and oxygen atoms in total. The van der Waals surface area contributed by atoms with Gasteiger partial charge in [0.2, 0.25) is 0 Å². The summed E-state index contributed by atoms with van der Waals surface area (Å²) in [6.07, 6.45) is 0. The molecule has 9 rings (SSSR count). The monoisotopic (exact) mass is 1010 g/mol. The summed E-state index contributed by atoms with van der Waals surface area (Å²) in [7, 11) is -0.498. The first-order chi connectivity index (χ1) is 30.2. The molecule has 64 heavy (non-hydrogen) atoms. The number of thiophene rings is 2. The second-order valence-corrected chi connectivity index (χ2v) is 19.4. The van der Waals surface area contributed by atoms with Crippen molar-refractivity contribution in [2.75, 3.05) is 10.6 Å². The van der Waals surface area contributed by atoms with Crippen molar-refractivity contribution in [2.24, 2.45) is 0 Å². The van der Waals surface area contributed by atoms with Gasteiger partial charge in [-0.2, -0.15) is 0 Å². The number of hydrogen-bond acceptors (Lipinski definition) is 10. The predicted molar refractivity (Wildman–Crippen MR) is 247 cm³/mol. The molecule has 2 N–H and O–H groups in total. The molecule has 1 aliphatic heterocycles. The molecule has 2 amide bonds. The van der Waals surface area contributed by atoms with Gasteiger partial charge in [0, 0.05) is 34.8 Å². The fourth-order valence-electron chi connectivity index (χ4n) is 6.11. The fourth-order valence-corrected chi connectivity index (χ4v) is 8.88. The SMILES string of the molecule is Cc1nc2cc(Cl)c(-c3ccc(C(=O)Nc4c(F)cccc4F)s3)cc2o1.Cc1nc2cc(Cl)c(B3OC(C)(C)C(C)(C)O3)cc2o1.O=C(Nc1c(F)cccc1F)c1ccc(Br)s1. The van der Waals surface area contributed by atoms with Gasteiger partial charge >= 0.3 is 7.12 Å². The van der Waals surface area contributed by atoms with E-state index in [0.717, 1.165) is 55.2 Å². The van der Waals surface area contributed by atoms with E-state index in [1.54, 1.807) is 49.4 Å². The van der Waals surface area contributed by atoms with Crippen molar-refractivity contribution in [3.8, 4) is 10.4 Å². The number of oxazole rings is 2. The number of carbonyl (C=O) groups is 2. The van der Waals surface area contributed by atoms with Crippen molar-refractivity contribution in [1.82, 2.24) is 9.97 Å². The summed E-state index contributed by atoms with van der Waals surface area (Å²) in [6, 6.07) is 20.4. The van der Waals surface area contributed by atoms with Gasteiger partial charge in [0.15, 0.2) is 22.9 Å². The van der Waals surface area contributed by atoms with E-state index in [1.165, 1.54) is 23.5 Å². The van der Waals surface area contributed by atoms with Gasteiger partial charge in [-0.15, -0.1) is 22.7 Å². The van der Waals surface area contributed by atoms with E-state index in [-0.39, 0.29) is 4.88 Å². The van der Waals surface area contributed by atoms with Crippen LogP contribution >= 0.6 is 61.8 Å². The van der Waals surface area contributed by atoms with Gasteiger partial charge in [0.25, 0.3) is 11.8 Å². The lowest BCUT2D eigenvalue weighted by molar-refractivity contribution is 0.00578. The molecule has 0 bridgehead atoms. The number of hydrogen-bond donors (Lipinski definition) is 2. The molecular weight excluding hydrogens is 982 g/mol. The number of rotatable bonds is 6. The van der Waals surface area contributed by atoms with Crippen molar-refractivity contribution in [3.63, 3.8) is 0 Å². The highest BCUT2D eigenvalue weighted by atomic mass is 79.9. The topological polar surface area (TPSA) is 129 Å². The van der Waals surface area contributed by atoms with Crippen LogP contribution in [-0.4, -0.2) is 40.1 Å². The van der Waals surface area contributed by atoms with E-state index in [4.69, 9.17) is 41.3 Å². The number of aryl methyl sites for hydroxylation is 2. The molecule has 1 fully saturated rings. The molecule has 0 aliphatic carbocycles. The molecular formula is C44H34BBrCl2F4N4O6S2. The highest BCUT2D eigenvalue weighted by Gasteiger charge is 2.52. The van der Waals surface area contributed by atoms with Gasteiger partial charge in [-0.3, -0.25) is 9.59 Å². The van der Waals surface area contributed by atoms with Crippen LogP contribution in [0.4, 0.5) is 28.9 Å². The number of nitrogens with zero attached hydrogens (tertiary/aromatic N) is 2. The Hall–Kier alpha value is -5.08. The Bertz CT molecular complexity index is 3010. The third kappa shape index (κ3) is 10.2. The smallest absolute Gasteiger partial charge is 0.441 e. The average Bonchev–Trinajstić information content (AvgIpc) is 4.05. The number of carbonyl (C=O) groups excluding carboxylic acids is 2. The molecule has 5 heterocycles. The van der Waals surface area contributed by atoms with Gasteiger partial charge in [-0.1, -0.05) is 35.3 Å². The Labute approximate surface area is 390 Å². The number of halogens is 7. The van der Waals surface area contributed by atoms with Crippen LogP contribution in [0.3, 0.4) is 0 Å². The maximum Gasteiger partial charge on any atom is 0.496 e. The van der Waals surface area contributed by atoms with Crippen LogP contribution in [0.2, 0.25) is 10.0 Å². The Morgan fingerprint density at radius 3 is 1.59 bits per heavy atom. The van der Waals surface area contributed by atoms with Gasteiger partial charge < -0.3 is 28.8 Å². The normalized spacial score (nSPS) is 13.9. The molecule has 0 atom stereocenters. The van der Waals surface area contributed by atoms with Crippen molar-refractivity contribution in [2.45, 2.75) is 52.7 Å². The maximum atomic E-state index is 13.7. The Balaban J connectivity index is 0.000000148. The van der Waals surface area contributed by atoms with E-state index in [2.05, 4.69) is 36.5 Å². The van der Waals surface area contributed by atoms with E-state index >= 15 is 0 Å². The molecule has 0 spiro atoms. The van der Waals surface area contributed by atoms with Crippen molar-refractivity contribution in [3.05, 3.63) is 144 Å². The third-order valence-electron chi connectivity index (χ3n) is 10.0. The predicted octanol–water partition coefficient (Wildman–Crippen LogP) is 13.2. The minimum Gasteiger partial charge on any atom is -0.441 e. The second kappa shape index (κ2) is 18.8. The summed E-state index contributed by atoms with van der Waals surface area (Å²) in [5.74, 6) is -3.28. The van der Waals surface area contributed by atoms with Crippen LogP contribution in [0, 0.1) is 37.1 Å². The molecule has 0 saturated carbocycles. The molecule has 0 radical (unpaired) electrons. The number of anilines is 2. The van der Waals surface area contributed by atoms with Crippen molar-refractivity contribution < 1.29 is 45.3 Å². The van der Waals surface area contributed by atoms with E-state index in [0.29, 0.717) is 49.0 Å². The average molecular weight is 1020 g/mol. The van der Waals surface area contributed by atoms with Gasteiger partial charge in [-0.25, -0.2) is 27.5 Å². The summed E-state index contributed by atoms with van der Waals surface area (Å²) in [5.41, 5.74) is 2.42. The molecule has 20 heteroatoms. The number of aromatic nitrogens is 2. The number of fused-ring (bicyclic) bond motifs is 2. The standard InChI is InChI=1S/C19H11ClF2N2O2S.C14H17BClNO3.C11H6BrF2NOS/c1-9-23-14-8-11(20)10(7-15(14)26-9)16-5-6-17(27-16)19(25)24-18-12(21)3-2-4-13(18)22;1-8-17-11-7-10(16)9(6-12(11)18-8)15-19-13(2,3)14(4,5)20-15;12-9-5-4-8(17-9)11(16)15-10-6(13)2-1-3-7(10)14/h2-8H,1H3,(H,24,25);6-7H,1-5H3;1-5H,(H,15,16). The van der Waals surface area contributed by atoms with Crippen LogP contribution in [0.15, 0.2) is 97.5 Å². The van der Waals surface area contributed by atoms with Crippen LogP contribution in [0.5, 0.6) is 0 Å². The van der Waals surface area contributed by atoms with Crippen molar-refractivity contribution >= 4 is 120 Å². The maximum absolute atomic E-state index is 13.7. The van der Waals surface area contributed by atoms with Crippen LogP contribution in [0.25, 0.3) is 32.6 Å². The summed E-state index contributed by atoms with van der Waals surface area (Å²) in [5, 5.41) is 5.51. The second-order valence-electron chi connectivity index (χ2n) is 15.1. The summed E-state index contributed by atoms with van der Waals surface area (Å²) in [4.78, 5) is 33.9. The lowest BCUT2D eigenvalue weighted by Gasteiger charge is -2.32. The first kappa shape index (κ1) is 46.9. The molecule has 4 aromatic heterocycles. The minimum atomic E-state index is -0.839. The lowest BCUT2D eigenvalue weighted by atomic mass is 9.79. The fraction of sp³-hybridized carbons (Fsp3) is 0.182. The highest BCUT2D eigenvalue weighted by Crippen LogP contribution is 2.39. The van der Waals surface area contributed by atoms with E-state index < -0.39 is 64.8 Å². The lowest BCUT2D eigenvalue weighted by Crippen LogP contribution is -2.41. The van der Waals surface area contributed by atoms with Crippen LogP contribution < -0.4 is 16.1 Å². The largest absolute Gasteiger partial charge is 0.496 e. The first-order valence-corrected chi connectivity index (χ1v) is 22.2. The van der Waals surface area contributed by atoms with Gasteiger partial charge in [-0.05, 0) is 116 Å². The molecule has 0 unspecified atom stereocenters. The van der Waals surface area contributed by atoms with E-state index in [9.17, 15) is 27.2 Å². The highest BCUT2D eigenvalue weighted by molar-refractivity contribution is 9.11. The molecule has 4 aromatic carbocycles. The van der Waals surface area contributed by atoms with Crippen LogP contribution in [-0.2, 0) is 9.31 Å². The Kier molecular flexibility index (Phi) is 13.8. The zero-order chi connectivity index (χ0) is 46.2. The Morgan fingerprint density at radius 2 is 1.11 bits per heavy atom. The number of para-hydroxylation sites is 2. The Morgan fingerprint density at radius 1 is 0.656 bits per heavy atom. The minimum absolute atomic E-state index is 0.289. The third-order valence-corrected chi connectivity index (χ3v) is 13.4. The number of benzene rings is 4. The summed E-state index contributed by atoms with van der Waals surface area (Å²) < 4.78 is 77.8. The molecule has 1 saturated heterocycles. The molecule has 330 valence electrons. The summed E-state index contributed by atoms with van der Waals surface area (Å²) >= 11 is 18.2.